The van der Waals surface area contributed by atoms with Gasteiger partial charge < -0.3 is 10.2 Å². The molecule has 0 saturated carbocycles. The van der Waals surface area contributed by atoms with Gasteiger partial charge in [0.2, 0.25) is 5.91 Å². The zero-order valence-electron chi connectivity index (χ0n) is 13.6. The Hall–Kier alpha value is -2.69. The van der Waals surface area contributed by atoms with Gasteiger partial charge in [-0.2, -0.15) is 5.26 Å². The van der Waals surface area contributed by atoms with Crippen molar-refractivity contribution in [3.05, 3.63) is 46.6 Å². The van der Waals surface area contributed by atoms with Gasteiger partial charge in [-0.3, -0.25) is 4.79 Å². The third-order valence-corrected chi connectivity index (χ3v) is 5.56. The molecule has 1 atom stereocenters. The number of carbonyl (C=O) groups is 1. The lowest BCUT2D eigenvalue weighted by Crippen LogP contribution is -2.40. The van der Waals surface area contributed by atoms with Crippen LogP contribution < -0.4 is 10.2 Å². The minimum absolute atomic E-state index is 0.106. The van der Waals surface area contributed by atoms with Crippen LogP contribution in [0, 0.1) is 11.3 Å². The Morgan fingerprint density at radius 3 is 3.08 bits per heavy atom. The van der Waals surface area contributed by atoms with Gasteiger partial charge >= 0.3 is 0 Å². The van der Waals surface area contributed by atoms with Gasteiger partial charge in [-0.1, -0.05) is 11.6 Å². The van der Waals surface area contributed by atoms with E-state index in [1.807, 2.05) is 22.4 Å². The number of amides is 1. The molecule has 2 aromatic heterocycles. The topological polar surface area (TPSA) is 81.9 Å². The summed E-state index contributed by atoms with van der Waals surface area (Å²) in [5.41, 5.74) is 0.960. The van der Waals surface area contributed by atoms with Crippen LogP contribution in [0.3, 0.4) is 0 Å². The number of nitriles is 1. The van der Waals surface area contributed by atoms with E-state index in [9.17, 15) is 4.79 Å². The van der Waals surface area contributed by atoms with Crippen molar-refractivity contribution in [2.75, 3.05) is 16.8 Å². The SMILES string of the molecule is N#Cc1ccc(NC(=O)C2CCCN2c2ncnc3sccc23)cc1Cl. The number of nitrogens with zero attached hydrogens (tertiary/aromatic N) is 4. The number of hydrogen-bond donors (Lipinski definition) is 1. The summed E-state index contributed by atoms with van der Waals surface area (Å²) in [7, 11) is 0. The molecule has 0 spiro atoms. The van der Waals surface area contributed by atoms with Gasteiger partial charge in [0.05, 0.1) is 16.0 Å². The molecule has 6 nitrogen and oxygen atoms in total. The molecule has 4 rings (SSSR count). The third-order valence-electron chi connectivity index (χ3n) is 4.43. The molecule has 1 aromatic carbocycles. The molecule has 1 fully saturated rings. The van der Waals surface area contributed by atoms with Gasteiger partial charge in [-0.25, -0.2) is 9.97 Å². The number of halogens is 1. The molecule has 130 valence electrons. The number of hydrogen-bond acceptors (Lipinski definition) is 6. The molecule has 1 unspecified atom stereocenters. The van der Waals surface area contributed by atoms with Crippen molar-refractivity contribution in [3.8, 4) is 6.07 Å². The number of carbonyl (C=O) groups excluding carboxylic acids is 1. The molecule has 1 aliphatic rings. The van der Waals surface area contributed by atoms with Crippen molar-refractivity contribution in [2.24, 2.45) is 0 Å². The Morgan fingerprint density at radius 2 is 2.27 bits per heavy atom. The summed E-state index contributed by atoms with van der Waals surface area (Å²) in [4.78, 5) is 24.5. The van der Waals surface area contributed by atoms with E-state index >= 15 is 0 Å². The van der Waals surface area contributed by atoms with Crippen LogP contribution in [-0.2, 0) is 4.79 Å². The standard InChI is InChI=1S/C18H14ClN5OS/c19-14-8-12(4-3-11(14)9-20)23-17(25)15-2-1-6-24(15)16-13-5-7-26-18(13)22-10-21-16/h3-5,7-8,10,15H,1-2,6H2,(H,23,25). The minimum Gasteiger partial charge on any atom is -0.344 e. The lowest BCUT2D eigenvalue weighted by Gasteiger charge is -2.25. The van der Waals surface area contributed by atoms with Crippen molar-refractivity contribution in [2.45, 2.75) is 18.9 Å². The summed E-state index contributed by atoms with van der Waals surface area (Å²) in [5.74, 6) is 0.692. The first-order valence-corrected chi connectivity index (χ1v) is 9.38. The van der Waals surface area contributed by atoms with Crippen LogP contribution in [0.2, 0.25) is 5.02 Å². The number of aromatic nitrogens is 2. The van der Waals surface area contributed by atoms with E-state index in [0.29, 0.717) is 16.3 Å². The van der Waals surface area contributed by atoms with Crippen molar-refractivity contribution < 1.29 is 4.79 Å². The van der Waals surface area contributed by atoms with Crippen molar-refractivity contribution >= 4 is 50.6 Å². The fraction of sp³-hybridized carbons (Fsp3) is 0.222. The summed E-state index contributed by atoms with van der Waals surface area (Å²) in [6, 6.07) is 8.57. The summed E-state index contributed by atoms with van der Waals surface area (Å²) in [5, 5.41) is 15.1. The first-order chi connectivity index (χ1) is 12.7. The lowest BCUT2D eigenvalue weighted by molar-refractivity contribution is -0.117. The Morgan fingerprint density at radius 1 is 1.38 bits per heavy atom. The molecular weight excluding hydrogens is 370 g/mol. The maximum atomic E-state index is 12.8. The van der Waals surface area contributed by atoms with E-state index in [4.69, 9.17) is 16.9 Å². The fourth-order valence-electron chi connectivity index (χ4n) is 3.21. The average Bonchev–Trinajstić information content (AvgIpc) is 3.31. The van der Waals surface area contributed by atoms with Crippen molar-refractivity contribution in [1.29, 1.82) is 5.26 Å². The molecule has 0 bridgehead atoms. The second-order valence-corrected chi connectivity index (χ2v) is 7.29. The molecule has 1 N–H and O–H groups in total. The van der Waals surface area contributed by atoms with Crippen LogP contribution in [-0.4, -0.2) is 28.5 Å². The molecule has 1 saturated heterocycles. The highest BCUT2D eigenvalue weighted by atomic mass is 35.5. The number of fused-ring (bicyclic) bond motifs is 1. The summed E-state index contributed by atoms with van der Waals surface area (Å²) in [6.45, 7) is 0.772. The first-order valence-electron chi connectivity index (χ1n) is 8.13. The Bertz CT molecular complexity index is 1030. The zero-order valence-corrected chi connectivity index (χ0v) is 15.2. The van der Waals surface area contributed by atoms with E-state index in [1.165, 1.54) is 0 Å². The smallest absolute Gasteiger partial charge is 0.247 e. The van der Waals surface area contributed by atoms with E-state index in [1.54, 1.807) is 35.9 Å². The molecule has 8 heteroatoms. The summed E-state index contributed by atoms with van der Waals surface area (Å²) >= 11 is 7.61. The Balaban J connectivity index is 1.58. The minimum atomic E-state index is -0.303. The van der Waals surface area contributed by atoms with E-state index in [-0.39, 0.29) is 11.9 Å². The van der Waals surface area contributed by atoms with Gasteiger partial charge in [0.25, 0.3) is 0 Å². The van der Waals surface area contributed by atoms with Gasteiger partial charge in [-0.15, -0.1) is 11.3 Å². The molecule has 0 radical (unpaired) electrons. The highest BCUT2D eigenvalue weighted by Crippen LogP contribution is 2.32. The molecule has 0 aliphatic carbocycles. The number of anilines is 2. The van der Waals surface area contributed by atoms with Crippen LogP contribution in [0.5, 0.6) is 0 Å². The number of nitrogens with one attached hydrogen (secondary N) is 1. The zero-order chi connectivity index (χ0) is 18.1. The van der Waals surface area contributed by atoms with Crippen molar-refractivity contribution in [3.63, 3.8) is 0 Å². The van der Waals surface area contributed by atoms with Gasteiger partial charge in [0.1, 0.15) is 29.1 Å². The van der Waals surface area contributed by atoms with Gasteiger partial charge in [0, 0.05) is 12.2 Å². The second kappa shape index (κ2) is 6.90. The fourth-order valence-corrected chi connectivity index (χ4v) is 4.16. The molecular formula is C18H14ClN5OS. The van der Waals surface area contributed by atoms with E-state index in [2.05, 4.69) is 15.3 Å². The van der Waals surface area contributed by atoms with Gasteiger partial charge in [0.15, 0.2) is 0 Å². The normalized spacial score (nSPS) is 16.6. The largest absolute Gasteiger partial charge is 0.344 e. The third kappa shape index (κ3) is 2.98. The second-order valence-electron chi connectivity index (χ2n) is 5.98. The van der Waals surface area contributed by atoms with E-state index < -0.39 is 0 Å². The highest BCUT2D eigenvalue weighted by Gasteiger charge is 2.32. The summed E-state index contributed by atoms with van der Waals surface area (Å²) < 4.78 is 0. The Kier molecular flexibility index (Phi) is 4.45. The highest BCUT2D eigenvalue weighted by molar-refractivity contribution is 7.16. The maximum Gasteiger partial charge on any atom is 0.247 e. The molecule has 3 aromatic rings. The van der Waals surface area contributed by atoms with Crippen LogP contribution in [0.25, 0.3) is 10.2 Å². The Labute approximate surface area is 159 Å². The number of rotatable bonds is 3. The maximum absolute atomic E-state index is 12.8. The van der Waals surface area contributed by atoms with E-state index in [0.717, 1.165) is 35.4 Å². The first kappa shape index (κ1) is 16.8. The van der Waals surface area contributed by atoms with Crippen LogP contribution >= 0.6 is 22.9 Å². The average molecular weight is 384 g/mol. The number of thiophene rings is 1. The lowest BCUT2D eigenvalue weighted by atomic mass is 10.1. The van der Waals surface area contributed by atoms with Crippen LogP contribution in [0.4, 0.5) is 11.5 Å². The molecule has 1 aliphatic heterocycles. The number of benzene rings is 1. The predicted molar refractivity (Wildman–Crippen MR) is 103 cm³/mol. The van der Waals surface area contributed by atoms with Crippen LogP contribution in [0.1, 0.15) is 18.4 Å². The molecule has 26 heavy (non-hydrogen) atoms. The molecule has 3 heterocycles. The van der Waals surface area contributed by atoms with Gasteiger partial charge in [-0.05, 0) is 42.5 Å². The summed E-state index contributed by atoms with van der Waals surface area (Å²) in [6.07, 6.45) is 3.22. The van der Waals surface area contributed by atoms with Crippen LogP contribution in [0.15, 0.2) is 36.0 Å². The molecule has 1 amide bonds. The predicted octanol–water partition coefficient (Wildman–Crippen LogP) is 3.82. The van der Waals surface area contributed by atoms with Crippen molar-refractivity contribution in [1.82, 2.24) is 9.97 Å². The monoisotopic (exact) mass is 383 g/mol. The quantitative estimate of drug-likeness (QED) is 0.743.